The summed E-state index contributed by atoms with van der Waals surface area (Å²) in [6, 6.07) is 20.8. The van der Waals surface area contributed by atoms with Crippen LogP contribution in [0.15, 0.2) is 60.7 Å². The molecule has 2 aromatic rings. The smallest absolute Gasteiger partial charge is 0.333 e. The second-order valence-electron chi connectivity index (χ2n) is 4.14. The molecule has 0 aliphatic heterocycles. The lowest BCUT2D eigenvalue weighted by atomic mass is 10.0. The van der Waals surface area contributed by atoms with Gasteiger partial charge in [-0.25, -0.2) is 0 Å². The van der Waals surface area contributed by atoms with E-state index in [0.29, 0.717) is 0 Å². The van der Waals surface area contributed by atoms with Crippen LogP contribution in [0.3, 0.4) is 0 Å². The lowest BCUT2D eigenvalue weighted by Gasteiger charge is -2.23. The molecule has 0 heterocycles. The maximum absolute atomic E-state index is 5.59. The van der Waals surface area contributed by atoms with Crippen molar-refractivity contribution in [3.8, 4) is 0 Å². The molecule has 0 aliphatic carbocycles. The Labute approximate surface area is 110 Å². The van der Waals surface area contributed by atoms with Crippen molar-refractivity contribution >= 4 is 9.28 Å². The lowest BCUT2D eigenvalue weighted by Crippen LogP contribution is -2.29. The number of hydrogen-bond acceptors (Lipinski definition) is 2. The van der Waals surface area contributed by atoms with Crippen molar-refractivity contribution in [2.24, 2.45) is 0 Å². The molecule has 0 unspecified atom stereocenters. The van der Waals surface area contributed by atoms with Crippen molar-refractivity contribution in [3.05, 3.63) is 71.8 Å². The van der Waals surface area contributed by atoms with E-state index in [1.54, 1.807) is 14.2 Å². The predicted octanol–water partition coefficient (Wildman–Crippen LogP) is 2.87. The van der Waals surface area contributed by atoms with Gasteiger partial charge in [0.15, 0.2) is 0 Å². The van der Waals surface area contributed by atoms with E-state index in [2.05, 4.69) is 48.5 Å². The van der Waals surface area contributed by atoms with Gasteiger partial charge >= 0.3 is 9.28 Å². The first kappa shape index (κ1) is 13.0. The second-order valence-corrected chi connectivity index (χ2v) is 6.49. The standard InChI is InChI=1S/C15H18O2Si/c1-16-18(17-2)15(13-9-5-3-6-10-13)14-11-7-4-8-12-14/h3-12,15,18H,1-2H3. The van der Waals surface area contributed by atoms with Gasteiger partial charge in [-0.1, -0.05) is 60.7 Å². The average molecular weight is 258 g/mol. The van der Waals surface area contributed by atoms with Crippen LogP contribution in [0, 0.1) is 0 Å². The highest BCUT2D eigenvalue weighted by molar-refractivity contribution is 6.47. The molecule has 0 fully saturated rings. The maximum Gasteiger partial charge on any atom is 0.333 e. The molecule has 0 atom stereocenters. The molecule has 18 heavy (non-hydrogen) atoms. The fraction of sp³-hybridized carbons (Fsp3) is 0.200. The van der Waals surface area contributed by atoms with Crippen molar-refractivity contribution in [2.75, 3.05) is 14.2 Å². The maximum atomic E-state index is 5.59. The largest absolute Gasteiger partial charge is 0.399 e. The van der Waals surface area contributed by atoms with Gasteiger partial charge in [-0.2, -0.15) is 0 Å². The Bertz CT molecular complexity index is 415. The van der Waals surface area contributed by atoms with E-state index in [1.807, 2.05) is 12.1 Å². The quantitative estimate of drug-likeness (QED) is 0.768. The fourth-order valence-electron chi connectivity index (χ4n) is 2.20. The summed E-state index contributed by atoms with van der Waals surface area (Å²) in [5, 5.41) is 0. The van der Waals surface area contributed by atoms with E-state index < -0.39 is 9.28 Å². The van der Waals surface area contributed by atoms with Gasteiger partial charge in [0.05, 0.1) is 0 Å². The van der Waals surface area contributed by atoms with E-state index in [1.165, 1.54) is 11.1 Å². The molecule has 0 amide bonds. The van der Waals surface area contributed by atoms with Crippen LogP contribution in [0.25, 0.3) is 0 Å². The van der Waals surface area contributed by atoms with Gasteiger partial charge in [0, 0.05) is 19.8 Å². The Morgan fingerprint density at radius 3 is 1.44 bits per heavy atom. The summed E-state index contributed by atoms with van der Waals surface area (Å²) in [5.74, 6) is 0. The van der Waals surface area contributed by atoms with Crippen molar-refractivity contribution in [1.29, 1.82) is 0 Å². The third kappa shape index (κ3) is 2.87. The number of benzene rings is 2. The molecule has 0 bridgehead atoms. The molecular formula is C15H18O2Si. The summed E-state index contributed by atoms with van der Waals surface area (Å²) in [6.07, 6.45) is 0. The van der Waals surface area contributed by atoms with Gasteiger partial charge in [-0.15, -0.1) is 0 Å². The molecule has 0 radical (unpaired) electrons. The summed E-state index contributed by atoms with van der Waals surface area (Å²) >= 11 is 0. The molecule has 3 heteroatoms. The minimum absolute atomic E-state index is 0.224. The van der Waals surface area contributed by atoms with Crippen LogP contribution in [0.5, 0.6) is 0 Å². The molecule has 0 N–H and O–H groups in total. The molecule has 2 nitrogen and oxygen atoms in total. The highest BCUT2D eigenvalue weighted by Gasteiger charge is 2.27. The van der Waals surface area contributed by atoms with Gasteiger partial charge in [0.2, 0.25) is 0 Å². The Morgan fingerprint density at radius 2 is 1.11 bits per heavy atom. The topological polar surface area (TPSA) is 18.5 Å². The van der Waals surface area contributed by atoms with Crippen LogP contribution in [0.4, 0.5) is 0 Å². The minimum Gasteiger partial charge on any atom is -0.399 e. The van der Waals surface area contributed by atoms with Gasteiger partial charge in [-0.05, 0) is 11.1 Å². The highest BCUT2D eigenvalue weighted by Crippen LogP contribution is 2.27. The Balaban J connectivity index is 2.41. The average Bonchev–Trinajstić information content (AvgIpc) is 2.46. The molecule has 0 aliphatic rings. The number of rotatable bonds is 5. The zero-order valence-corrected chi connectivity index (χ0v) is 11.9. The van der Waals surface area contributed by atoms with Gasteiger partial charge in [0.25, 0.3) is 0 Å². The van der Waals surface area contributed by atoms with Gasteiger partial charge in [0.1, 0.15) is 0 Å². The second kappa shape index (κ2) is 6.49. The molecule has 2 rings (SSSR count). The summed E-state index contributed by atoms with van der Waals surface area (Å²) in [4.78, 5) is 0. The molecule has 0 aromatic heterocycles. The third-order valence-electron chi connectivity index (χ3n) is 3.05. The van der Waals surface area contributed by atoms with E-state index >= 15 is 0 Å². The first-order valence-electron chi connectivity index (χ1n) is 6.02. The van der Waals surface area contributed by atoms with Crippen LogP contribution in [-0.2, 0) is 8.85 Å². The predicted molar refractivity (Wildman–Crippen MR) is 75.9 cm³/mol. The zero-order valence-electron chi connectivity index (χ0n) is 10.7. The lowest BCUT2D eigenvalue weighted by molar-refractivity contribution is 0.271. The van der Waals surface area contributed by atoms with Crippen molar-refractivity contribution in [2.45, 2.75) is 5.54 Å². The SMILES string of the molecule is CO[SiH](OC)C(c1ccccc1)c1ccccc1. The van der Waals surface area contributed by atoms with E-state index in [4.69, 9.17) is 8.85 Å². The van der Waals surface area contributed by atoms with Gasteiger partial charge < -0.3 is 8.85 Å². The summed E-state index contributed by atoms with van der Waals surface area (Å²) < 4.78 is 11.2. The first-order valence-corrected chi connectivity index (χ1v) is 7.63. The fourth-order valence-corrected chi connectivity index (χ4v) is 4.01. The van der Waals surface area contributed by atoms with E-state index in [-0.39, 0.29) is 5.54 Å². The highest BCUT2D eigenvalue weighted by atomic mass is 28.3. The Kier molecular flexibility index (Phi) is 4.70. The van der Waals surface area contributed by atoms with Crippen molar-refractivity contribution in [3.63, 3.8) is 0 Å². The Morgan fingerprint density at radius 1 is 0.722 bits per heavy atom. The summed E-state index contributed by atoms with van der Waals surface area (Å²) in [6.45, 7) is 0. The van der Waals surface area contributed by atoms with Gasteiger partial charge in [-0.3, -0.25) is 0 Å². The zero-order chi connectivity index (χ0) is 12.8. The van der Waals surface area contributed by atoms with Crippen LogP contribution in [-0.4, -0.2) is 23.5 Å². The number of hydrogen-bond donors (Lipinski definition) is 0. The summed E-state index contributed by atoms with van der Waals surface area (Å²) in [5.41, 5.74) is 2.73. The molecular weight excluding hydrogens is 240 g/mol. The first-order chi connectivity index (χ1) is 8.86. The van der Waals surface area contributed by atoms with Crippen LogP contribution < -0.4 is 0 Å². The monoisotopic (exact) mass is 258 g/mol. The third-order valence-corrected chi connectivity index (χ3v) is 5.30. The van der Waals surface area contributed by atoms with E-state index in [9.17, 15) is 0 Å². The van der Waals surface area contributed by atoms with Crippen LogP contribution in [0.2, 0.25) is 0 Å². The molecule has 0 saturated heterocycles. The summed E-state index contributed by atoms with van der Waals surface area (Å²) in [7, 11) is 1.71. The van der Waals surface area contributed by atoms with E-state index in [0.717, 1.165) is 0 Å². The van der Waals surface area contributed by atoms with Crippen molar-refractivity contribution in [1.82, 2.24) is 0 Å². The minimum atomic E-state index is -1.76. The van der Waals surface area contributed by atoms with Crippen LogP contribution in [0.1, 0.15) is 16.7 Å². The normalized spacial score (nSPS) is 11.1. The molecule has 0 saturated carbocycles. The Hall–Kier alpha value is -1.42. The molecule has 2 aromatic carbocycles. The molecule has 0 spiro atoms. The molecule has 94 valence electrons. The van der Waals surface area contributed by atoms with Crippen molar-refractivity contribution < 1.29 is 8.85 Å². The van der Waals surface area contributed by atoms with Crippen LogP contribution >= 0.6 is 0 Å².